The average molecular weight is 264 g/mol. The van der Waals surface area contributed by atoms with Crippen LogP contribution in [0, 0.1) is 11.8 Å². The minimum Gasteiger partial charge on any atom is -0.376 e. The highest BCUT2D eigenvalue weighted by atomic mass is 16.5. The van der Waals surface area contributed by atoms with Gasteiger partial charge in [0.2, 0.25) is 0 Å². The molecule has 0 spiro atoms. The Kier molecular flexibility index (Phi) is 5.50. The van der Waals surface area contributed by atoms with Gasteiger partial charge in [-0.1, -0.05) is 30.9 Å². The molecule has 0 bridgehead atoms. The van der Waals surface area contributed by atoms with Gasteiger partial charge in [0.15, 0.2) is 0 Å². The van der Waals surface area contributed by atoms with Crippen LogP contribution in [0.4, 0.5) is 0 Å². The molecule has 0 heterocycles. The third kappa shape index (κ3) is 6.12. The van der Waals surface area contributed by atoms with E-state index in [1.807, 2.05) is 0 Å². The third-order valence-electron chi connectivity index (χ3n) is 4.45. The van der Waals surface area contributed by atoms with Crippen LogP contribution >= 0.6 is 0 Å². The Labute approximate surface area is 119 Å². The summed E-state index contributed by atoms with van der Waals surface area (Å²) in [6.45, 7) is 7.34. The second-order valence-corrected chi connectivity index (χ2v) is 7.50. The van der Waals surface area contributed by atoms with Gasteiger partial charge in [0.1, 0.15) is 0 Å². The first-order valence-electron chi connectivity index (χ1n) is 8.37. The summed E-state index contributed by atoms with van der Waals surface area (Å²) in [5, 5.41) is 0. The number of unbranched alkanes of at least 4 members (excludes halogenated alkanes) is 2. The lowest BCUT2D eigenvalue weighted by Crippen LogP contribution is -2.19. The lowest BCUT2D eigenvalue weighted by atomic mass is 9.84. The second kappa shape index (κ2) is 6.92. The summed E-state index contributed by atoms with van der Waals surface area (Å²) in [5.74, 6) is 1.99. The van der Waals surface area contributed by atoms with Gasteiger partial charge < -0.3 is 4.74 Å². The number of allylic oxidation sites excluding steroid dienone is 2. The smallest absolute Gasteiger partial charge is 0.0598 e. The van der Waals surface area contributed by atoms with Gasteiger partial charge in [-0.15, -0.1) is 0 Å². The Morgan fingerprint density at radius 3 is 2.47 bits per heavy atom. The normalized spacial score (nSPS) is 24.4. The van der Waals surface area contributed by atoms with Crippen LogP contribution in [0.15, 0.2) is 11.6 Å². The molecule has 1 fully saturated rings. The lowest BCUT2D eigenvalue weighted by molar-refractivity contribution is -0.00483. The molecular formula is C18H32O. The molecule has 1 saturated carbocycles. The number of rotatable bonds is 7. The van der Waals surface area contributed by atoms with Crippen LogP contribution in [-0.4, -0.2) is 12.2 Å². The Morgan fingerprint density at radius 1 is 1.11 bits per heavy atom. The highest BCUT2D eigenvalue weighted by molar-refractivity contribution is 5.15. The van der Waals surface area contributed by atoms with E-state index in [1.54, 1.807) is 5.57 Å². The fourth-order valence-electron chi connectivity index (χ4n) is 3.09. The van der Waals surface area contributed by atoms with E-state index in [4.69, 9.17) is 4.74 Å². The van der Waals surface area contributed by atoms with Crippen molar-refractivity contribution >= 4 is 0 Å². The number of ether oxygens (including phenoxy) is 1. The molecule has 2 rings (SSSR count). The molecule has 1 nitrogen and oxygen atoms in total. The van der Waals surface area contributed by atoms with Crippen molar-refractivity contribution in [3.05, 3.63) is 11.6 Å². The third-order valence-corrected chi connectivity index (χ3v) is 4.45. The summed E-state index contributed by atoms with van der Waals surface area (Å²) >= 11 is 0. The van der Waals surface area contributed by atoms with Gasteiger partial charge in [-0.3, -0.25) is 0 Å². The summed E-state index contributed by atoms with van der Waals surface area (Å²) in [5.41, 5.74) is 1.84. The molecule has 0 aromatic carbocycles. The fraction of sp³-hybridized carbons (Fsp3) is 0.889. The Bertz CT molecular complexity index is 293. The van der Waals surface area contributed by atoms with E-state index in [9.17, 15) is 0 Å². The molecule has 0 saturated heterocycles. The molecule has 2 aliphatic carbocycles. The monoisotopic (exact) mass is 264 g/mol. The summed E-state index contributed by atoms with van der Waals surface area (Å²) < 4.78 is 5.76. The topological polar surface area (TPSA) is 9.23 Å². The van der Waals surface area contributed by atoms with Gasteiger partial charge >= 0.3 is 0 Å². The minimum absolute atomic E-state index is 0.0351. The zero-order valence-electron chi connectivity index (χ0n) is 13.2. The Balaban J connectivity index is 1.48. The largest absolute Gasteiger partial charge is 0.376 e. The molecule has 0 aliphatic heterocycles. The first kappa shape index (κ1) is 15.1. The van der Waals surface area contributed by atoms with Gasteiger partial charge in [0, 0.05) is 6.61 Å². The van der Waals surface area contributed by atoms with E-state index < -0.39 is 0 Å². The van der Waals surface area contributed by atoms with E-state index >= 15 is 0 Å². The SMILES string of the molecule is CC(C)(C)OCCCCCC1CC=C(C2CC2)CC1. The molecule has 0 aromatic rings. The zero-order valence-corrected chi connectivity index (χ0v) is 13.2. The van der Waals surface area contributed by atoms with Gasteiger partial charge in [-0.05, 0) is 71.1 Å². The number of hydrogen-bond acceptors (Lipinski definition) is 1. The van der Waals surface area contributed by atoms with E-state index in [0.29, 0.717) is 0 Å². The van der Waals surface area contributed by atoms with Crippen molar-refractivity contribution in [1.82, 2.24) is 0 Å². The first-order chi connectivity index (χ1) is 9.04. The molecular weight excluding hydrogens is 232 g/mol. The van der Waals surface area contributed by atoms with Crippen LogP contribution in [0.25, 0.3) is 0 Å². The van der Waals surface area contributed by atoms with Crippen molar-refractivity contribution in [2.24, 2.45) is 11.8 Å². The molecule has 0 aromatic heterocycles. The van der Waals surface area contributed by atoms with Crippen LogP contribution in [-0.2, 0) is 4.74 Å². The summed E-state index contributed by atoms with van der Waals surface area (Å²) in [6.07, 6.45) is 15.2. The van der Waals surface area contributed by atoms with Crippen LogP contribution in [0.5, 0.6) is 0 Å². The van der Waals surface area contributed by atoms with E-state index in [0.717, 1.165) is 18.4 Å². The lowest BCUT2D eigenvalue weighted by Gasteiger charge is -2.22. The predicted molar refractivity (Wildman–Crippen MR) is 82.3 cm³/mol. The van der Waals surface area contributed by atoms with Gasteiger partial charge in [0.25, 0.3) is 0 Å². The van der Waals surface area contributed by atoms with Gasteiger partial charge in [0.05, 0.1) is 5.60 Å². The van der Waals surface area contributed by atoms with Crippen LogP contribution in [0.2, 0.25) is 0 Å². The van der Waals surface area contributed by atoms with Crippen LogP contribution in [0.1, 0.15) is 78.6 Å². The van der Waals surface area contributed by atoms with E-state index in [1.165, 1.54) is 57.8 Å². The zero-order chi connectivity index (χ0) is 13.7. The molecule has 0 amide bonds. The predicted octanol–water partition coefficient (Wildman–Crippen LogP) is 5.50. The molecule has 1 heteroatoms. The molecule has 19 heavy (non-hydrogen) atoms. The molecule has 1 atom stereocenters. The van der Waals surface area contributed by atoms with Gasteiger partial charge in [-0.25, -0.2) is 0 Å². The van der Waals surface area contributed by atoms with Crippen molar-refractivity contribution in [1.29, 1.82) is 0 Å². The summed E-state index contributed by atoms with van der Waals surface area (Å²) in [6, 6.07) is 0. The molecule has 2 aliphatic rings. The first-order valence-corrected chi connectivity index (χ1v) is 8.37. The van der Waals surface area contributed by atoms with Crippen molar-refractivity contribution in [2.45, 2.75) is 84.2 Å². The molecule has 0 N–H and O–H groups in total. The Morgan fingerprint density at radius 2 is 1.89 bits per heavy atom. The van der Waals surface area contributed by atoms with Crippen molar-refractivity contribution in [3.63, 3.8) is 0 Å². The van der Waals surface area contributed by atoms with Crippen molar-refractivity contribution in [3.8, 4) is 0 Å². The van der Waals surface area contributed by atoms with Crippen molar-refractivity contribution in [2.75, 3.05) is 6.61 Å². The van der Waals surface area contributed by atoms with Crippen LogP contribution in [0.3, 0.4) is 0 Å². The Hall–Kier alpha value is -0.300. The summed E-state index contributed by atoms with van der Waals surface area (Å²) in [7, 11) is 0. The second-order valence-electron chi connectivity index (χ2n) is 7.50. The average Bonchev–Trinajstić information content (AvgIpc) is 3.17. The summed E-state index contributed by atoms with van der Waals surface area (Å²) in [4.78, 5) is 0. The van der Waals surface area contributed by atoms with E-state index in [-0.39, 0.29) is 5.60 Å². The maximum absolute atomic E-state index is 5.76. The standard InChI is InChI=1S/C18H32O/c1-18(2,3)19-14-6-4-5-7-15-8-10-16(11-9-15)17-12-13-17/h10,15,17H,4-9,11-14H2,1-3H3. The van der Waals surface area contributed by atoms with Crippen LogP contribution < -0.4 is 0 Å². The molecule has 1 unspecified atom stereocenters. The maximum atomic E-state index is 5.76. The fourth-order valence-corrected chi connectivity index (χ4v) is 3.09. The number of hydrogen-bond donors (Lipinski definition) is 0. The maximum Gasteiger partial charge on any atom is 0.0598 e. The highest BCUT2D eigenvalue weighted by Crippen LogP contribution is 2.42. The van der Waals surface area contributed by atoms with E-state index in [2.05, 4.69) is 26.8 Å². The molecule has 110 valence electrons. The van der Waals surface area contributed by atoms with Crippen molar-refractivity contribution < 1.29 is 4.74 Å². The van der Waals surface area contributed by atoms with Gasteiger partial charge in [-0.2, -0.15) is 0 Å². The quantitative estimate of drug-likeness (QED) is 0.436. The molecule has 0 radical (unpaired) electrons. The minimum atomic E-state index is 0.0351. The highest BCUT2D eigenvalue weighted by Gasteiger charge is 2.27.